The van der Waals surface area contributed by atoms with Crippen molar-refractivity contribution in [2.75, 3.05) is 10.6 Å². The van der Waals surface area contributed by atoms with Crippen LogP contribution in [0.3, 0.4) is 0 Å². The van der Waals surface area contributed by atoms with E-state index in [0.717, 1.165) is 52.9 Å². The van der Waals surface area contributed by atoms with Crippen molar-refractivity contribution in [2.45, 2.75) is 38.2 Å². The first-order chi connectivity index (χ1) is 12.2. The van der Waals surface area contributed by atoms with Gasteiger partial charge in [-0.2, -0.15) is 0 Å². The van der Waals surface area contributed by atoms with Crippen LogP contribution in [-0.4, -0.2) is 32.2 Å². The number of hydrogen-bond acceptors (Lipinski definition) is 4. The largest absolute Gasteiger partial charge is 0.393 e. The number of aliphatic hydroxyl groups excluding tert-OH is 1. The van der Waals surface area contributed by atoms with Gasteiger partial charge in [-0.3, -0.25) is 10.6 Å². The van der Waals surface area contributed by atoms with Gasteiger partial charge in [0.15, 0.2) is 0 Å². The highest BCUT2D eigenvalue weighted by Crippen LogP contribution is 2.39. The zero-order valence-corrected chi connectivity index (χ0v) is 14.5. The number of aromatic amines is 2. The van der Waals surface area contributed by atoms with Crippen LogP contribution in [0.1, 0.15) is 31.2 Å². The summed E-state index contributed by atoms with van der Waals surface area (Å²) in [5.41, 5.74) is 2.26. The van der Waals surface area contributed by atoms with Crippen molar-refractivity contribution in [1.29, 1.82) is 0 Å². The Hall–Kier alpha value is -2.32. The van der Waals surface area contributed by atoms with Crippen LogP contribution in [0.25, 0.3) is 10.2 Å². The van der Waals surface area contributed by atoms with E-state index in [2.05, 4.69) is 25.6 Å². The molecule has 1 fully saturated rings. The summed E-state index contributed by atoms with van der Waals surface area (Å²) in [5.74, 6) is 1.10. The van der Waals surface area contributed by atoms with Crippen molar-refractivity contribution in [1.82, 2.24) is 15.0 Å². The standard InChI is InChI=1S/C17H21N5O2S/c23-11-3-1-10(2-4-11)7-12-15-13(5-6-19-15)25-16(12)22-17(24)21-14-8-18-9-20-14/h5-6,8-11,19,23H,1-4,7H2,(H,18,20)(H2,21,22,24). The Bertz CT molecular complexity index is 846. The normalized spacial score (nSPS) is 20.7. The number of carbonyl (C=O) groups is 1. The second kappa shape index (κ2) is 6.89. The summed E-state index contributed by atoms with van der Waals surface area (Å²) in [6.45, 7) is 0. The monoisotopic (exact) mass is 359 g/mol. The van der Waals surface area contributed by atoms with Gasteiger partial charge in [-0.15, -0.1) is 11.3 Å². The second-order valence-corrected chi connectivity index (χ2v) is 7.60. The predicted molar refractivity (Wildman–Crippen MR) is 99.1 cm³/mol. The highest BCUT2D eigenvalue weighted by atomic mass is 32.1. The number of hydrogen-bond donors (Lipinski definition) is 5. The molecule has 3 heterocycles. The van der Waals surface area contributed by atoms with E-state index in [-0.39, 0.29) is 12.1 Å². The van der Waals surface area contributed by atoms with Gasteiger partial charge in [-0.1, -0.05) is 0 Å². The van der Waals surface area contributed by atoms with Crippen molar-refractivity contribution in [3.63, 3.8) is 0 Å². The molecule has 3 aromatic rings. The Kier molecular flexibility index (Phi) is 4.46. The number of aromatic nitrogens is 3. The maximum absolute atomic E-state index is 12.3. The maximum atomic E-state index is 12.3. The molecule has 1 aliphatic carbocycles. The summed E-state index contributed by atoms with van der Waals surface area (Å²) >= 11 is 1.58. The summed E-state index contributed by atoms with van der Waals surface area (Å²) in [6.07, 6.45) is 9.56. The van der Waals surface area contributed by atoms with Crippen molar-refractivity contribution in [3.8, 4) is 0 Å². The predicted octanol–water partition coefficient (Wildman–Crippen LogP) is 3.69. The van der Waals surface area contributed by atoms with Gasteiger partial charge in [0.25, 0.3) is 0 Å². The van der Waals surface area contributed by atoms with Crippen LogP contribution in [0, 0.1) is 5.92 Å². The summed E-state index contributed by atoms with van der Waals surface area (Å²) in [5, 5.41) is 16.3. The van der Waals surface area contributed by atoms with E-state index in [1.807, 2.05) is 12.3 Å². The van der Waals surface area contributed by atoms with E-state index in [0.29, 0.717) is 11.7 Å². The number of carbonyl (C=O) groups excluding carboxylic acids is 1. The van der Waals surface area contributed by atoms with E-state index >= 15 is 0 Å². The van der Waals surface area contributed by atoms with E-state index < -0.39 is 0 Å². The van der Waals surface area contributed by atoms with Gasteiger partial charge in [0.05, 0.1) is 28.8 Å². The minimum atomic E-state index is -0.284. The molecule has 2 amide bonds. The molecule has 5 N–H and O–H groups in total. The first-order valence-corrected chi connectivity index (χ1v) is 9.34. The van der Waals surface area contributed by atoms with Crippen LogP contribution in [0.5, 0.6) is 0 Å². The number of nitrogens with zero attached hydrogens (tertiary/aromatic N) is 1. The van der Waals surface area contributed by atoms with Gasteiger partial charge in [0.1, 0.15) is 10.8 Å². The van der Waals surface area contributed by atoms with Crippen LogP contribution in [0.2, 0.25) is 0 Å². The van der Waals surface area contributed by atoms with Crippen molar-refractivity contribution in [3.05, 3.63) is 30.4 Å². The van der Waals surface area contributed by atoms with Crippen LogP contribution >= 0.6 is 11.3 Å². The van der Waals surface area contributed by atoms with Gasteiger partial charge in [0.2, 0.25) is 0 Å². The Balaban J connectivity index is 1.52. The van der Waals surface area contributed by atoms with Gasteiger partial charge >= 0.3 is 6.03 Å². The quantitative estimate of drug-likeness (QED) is 0.490. The Morgan fingerprint density at radius 2 is 2.12 bits per heavy atom. The number of aliphatic hydroxyl groups is 1. The summed E-state index contributed by atoms with van der Waals surface area (Å²) in [6, 6.07) is 1.75. The SMILES string of the molecule is O=C(Nc1cnc[nH]1)Nc1sc2cc[nH]c2c1CC1CCC(O)CC1. The Morgan fingerprint density at radius 3 is 2.88 bits per heavy atom. The molecule has 132 valence electrons. The lowest BCUT2D eigenvalue weighted by Crippen LogP contribution is -2.21. The highest BCUT2D eigenvalue weighted by Gasteiger charge is 2.23. The minimum absolute atomic E-state index is 0.151. The molecule has 0 aliphatic heterocycles. The summed E-state index contributed by atoms with van der Waals surface area (Å²) < 4.78 is 1.14. The molecule has 0 saturated heterocycles. The molecule has 0 bridgehead atoms. The molecule has 0 radical (unpaired) electrons. The van der Waals surface area contributed by atoms with Gasteiger partial charge in [0, 0.05) is 11.8 Å². The molecular formula is C17H21N5O2S. The Morgan fingerprint density at radius 1 is 1.28 bits per heavy atom. The van der Waals surface area contributed by atoms with Crippen LogP contribution < -0.4 is 10.6 Å². The lowest BCUT2D eigenvalue weighted by Gasteiger charge is -2.25. The fourth-order valence-corrected chi connectivity index (χ4v) is 4.57. The van der Waals surface area contributed by atoms with Crippen molar-refractivity contribution in [2.24, 2.45) is 5.92 Å². The number of rotatable bonds is 4. The first kappa shape index (κ1) is 16.2. The molecule has 0 aromatic carbocycles. The third-order valence-corrected chi connectivity index (χ3v) is 5.89. The molecule has 3 aromatic heterocycles. The minimum Gasteiger partial charge on any atom is -0.393 e. The zero-order chi connectivity index (χ0) is 17.2. The van der Waals surface area contributed by atoms with Crippen LogP contribution in [-0.2, 0) is 6.42 Å². The molecule has 0 unspecified atom stereocenters. The highest BCUT2D eigenvalue weighted by molar-refractivity contribution is 7.23. The van der Waals surface area contributed by atoms with Crippen molar-refractivity contribution >= 4 is 38.4 Å². The fourth-order valence-electron chi connectivity index (χ4n) is 3.48. The second-order valence-electron chi connectivity index (χ2n) is 6.55. The smallest absolute Gasteiger partial charge is 0.325 e. The molecule has 0 spiro atoms. The molecular weight excluding hydrogens is 338 g/mol. The number of imidazole rings is 1. The molecule has 7 nitrogen and oxygen atoms in total. The maximum Gasteiger partial charge on any atom is 0.325 e. The fraction of sp³-hybridized carbons (Fsp3) is 0.412. The number of anilines is 2. The van der Waals surface area contributed by atoms with Crippen molar-refractivity contribution < 1.29 is 9.90 Å². The number of nitrogens with one attached hydrogen (secondary N) is 4. The number of amides is 2. The Labute approximate surface area is 148 Å². The lowest BCUT2D eigenvalue weighted by atomic mass is 9.83. The van der Waals surface area contributed by atoms with Crippen LogP contribution in [0.4, 0.5) is 15.6 Å². The molecule has 8 heteroatoms. The zero-order valence-electron chi connectivity index (χ0n) is 13.7. The molecule has 4 rings (SSSR count). The average Bonchev–Trinajstić information content (AvgIpc) is 3.30. The van der Waals surface area contributed by atoms with E-state index in [4.69, 9.17) is 0 Å². The lowest BCUT2D eigenvalue weighted by molar-refractivity contribution is 0.109. The average molecular weight is 359 g/mol. The topological polar surface area (TPSA) is 106 Å². The van der Waals surface area contributed by atoms with E-state index in [9.17, 15) is 9.90 Å². The van der Waals surface area contributed by atoms with Gasteiger partial charge in [-0.25, -0.2) is 9.78 Å². The van der Waals surface area contributed by atoms with E-state index in [1.165, 1.54) is 6.33 Å². The number of urea groups is 1. The van der Waals surface area contributed by atoms with Gasteiger partial charge in [-0.05, 0) is 44.1 Å². The molecule has 1 saturated carbocycles. The summed E-state index contributed by atoms with van der Waals surface area (Å²) in [7, 11) is 0. The first-order valence-electron chi connectivity index (χ1n) is 8.52. The number of fused-ring (bicyclic) bond motifs is 1. The number of H-pyrrole nitrogens is 2. The van der Waals surface area contributed by atoms with E-state index in [1.54, 1.807) is 17.5 Å². The third kappa shape index (κ3) is 3.54. The molecule has 25 heavy (non-hydrogen) atoms. The number of thiophene rings is 1. The molecule has 0 atom stereocenters. The third-order valence-electron chi connectivity index (χ3n) is 4.78. The van der Waals surface area contributed by atoms with Gasteiger partial charge < -0.3 is 15.1 Å². The van der Waals surface area contributed by atoms with Crippen LogP contribution in [0.15, 0.2) is 24.8 Å². The molecule has 1 aliphatic rings. The summed E-state index contributed by atoms with van der Waals surface area (Å²) in [4.78, 5) is 22.3.